The van der Waals surface area contributed by atoms with Gasteiger partial charge in [-0.1, -0.05) is 81.1 Å². The molecule has 0 spiro atoms. The minimum atomic E-state index is 0.773. The van der Waals surface area contributed by atoms with Crippen LogP contribution in [0.5, 0.6) is 5.75 Å². The third kappa shape index (κ3) is 6.42. The molecule has 0 N–H and O–H groups in total. The van der Waals surface area contributed by atoms with E-state index in [0.717, 1.165) is 47.1 Å². The van der Waals surface area contributed by atoms with Crippen molar-refractivity contribution in [3.8, 4) is 22.7 Å². The van der Waals surface area contributed by atoms with Crippen LogP contribution >= 0.6 is 0 Å². The van der Waals surface area contributed by atoms with Crippen LogP contribution in [0.1, 0.15) is 44.6 Å². The number of aromatic nitrogens is 2. The zero-order valence-corrected chi connectivity index (χ0v) is 19.2. The van der Waals surface area contributed by atoms with Gasteiger partial charge in [0.25, 0.3) is 0 Å². The molecule has 0 radical (unpaired) electrons. The monoisotopic (exact) mass is 437 g/mol. The maximum atomic E-state index is 5.87. The van der Waals surface area contributed by atoms with Crippen LogP contribution in [0, 0.1) is 0 Å². The van der Waals surface area contributed by atoms with E-state index in [1.54, 1.807) is 0 Å². The van der Waals surface area contributed by atoms with Crippen molar-refractivity contribution >= 4 is 12.0 Å². The van der Waals surface area contributed by atoms with E-state index in [1.165, 1.54) is 25.7 Å². The molecule has 4 nitrogen and oxygen atoms in total. The number of benzene rings is 3. The molecule has 4 heteroatoms. The Balaban J connectivity index is 1.46. The highest BCUT2D eigenvalue weighted by molar-refractivity contribution is 5.82. The second-order valence-electron chi connectivity index (χ2n) is 8.09. The Morgan fingerprint density at radius 3 is 2.24 bits per heavy atom. The van der Waals surface area contributed by atoms with Crippen molar-refractivity contribution in [2.24, 2.45) is 4.99 Å². The summed E-state index contributed by atoms with van der Waals surface area (Å²) in [6.45, 7) is 3.01. The highest BCUT2D eigenvalue weighted by Gasteiger charge is 2.10. The predicted octanol–water partition coefficient (Wildman–Crippen LogP) is 7.64. The number of unbranched alkanes of at least 4 members (excludes halogenated alkanes) is 4. The van der Waals surface area contributed by atoms with E-state index < -0.39 is 0 Å². The molecule has 0 saturated heterocycles. The molecular weight excluding hydrogens is 406 g/mol. The van der Waals surface area contributed by atoms with Crippen molar-refractivity contribution in [3.63, 3.8) is 0 Å². The van der Waals surface area contributed by atoms with Crippen molar-refractivity contribution in [2.45, 2.75) is 39.0 Å². The maximum absolute atomic E-state index is 5.87. The summed E-state index contributed by atoms with van der Waals surface area (Å²) in [6.07, 6.45) is 8.09. The lowest BCUT2D eigenvalue weighted by Gasteiger charge is -2.06. The van der Waals surface area contributed by atoms with Gasteiger partial charge in [0.15, 0.2) is 5.82 Å². The molecule has 0 aliphatic carbocycles. The lowest BCUT2D eigenvalue weighted by Crippen LogP contribution is -1.97. The minimum absolute atomic E-state index is 0.773. The number of para-hydroxylation sites is 1. The summed E-state index contributed by atoms with van der Waals surface area (Å²) in [5.74, 6) is 1.69. The van der Waals surface area contributed by atoms with Crippen LogP contribution in [-0.4, -0.2) is 22.6 Å². The van der Waals surface area contributed by atoms with Crippen molar-refractivity contribution in [3.05, 3.63) is 96.6 Å². The molecular formula is C29H31N3O. The fourth-order valence-corrected chi connectivity index (χ4v) is 3.66. The Labute approximate surface area is 196 Å². The zero-order valence-electron chi connectivity index (χ0n) is 19.2. The van der Waals surface area contributed by atoms with Gasteiger partial charge in [-0.2, -0.15) is 5.10 Å². The fraction of sp³-hybridized carbons (Fsp3) is 0.241. The number of ether oxygens (including phenoxy) is 1. The van der Waals surface area contributed by atoms with Crippen molar-refractivity contribution in [2.75, 3.05) is 6.61 Å². The summed E-state index contributed by atoms with van der Waals surface area (Å²) < 4.78 is 7.76. The molecule has 3 aromatic carbocycles. The first-order valence-electron chi connectivity index (χ1n) is 11.8. The number of aliphatic imine (C=N–C) groups is 1. The van der Waals surface area contributed by atoms with Gasteiger partial charge in [-0.3, -0.25) is 0 Å². The molecule has 33 heavy (non-hydrogen) atoms. The first kappa shape index (κ1) is 22.5. The average Bonchev–Trinajstić information content (AvgIpc) is 3.31. The second kappa shape index (κ2) is 11.8. The van der Waals surface area contributed by atoms with E-state index in [-0.39, 0.29) is 0 Å². The third-order valence-corrected chi connectivity index (χ3v) is 5.50. The summed E-state index contributed by atoms with van der Waals surface area (Å²) in [5, 5.41) is 4.82. The summed E-state index contributed by atoms with van der Waals surface area (Å²) >= 11 is 0. The van der Waals surface area contributed by atoms with Crippen LogP contribution in [0.3, 0.4) is 0 Å². The van der Waals surface area contributed by atoms with Crippen molar-refractivity contribution in [1.82, 2.24) is 9.78 Å². The van der Waals surface area contributed by atoms with E-state index in [1.807, 2.05) is 89.8 Å². The number of rotatable bonds is 11. The summed E-state index contributed by atoms with van der Waals surface area (Å²) in [4.78, 5) is 4.77. The van der Waals surface area contributed by atoms with Crippen LogP contribution in [0.25, 0.3) is 16.9 Å². The number of nitrogens with zero attached hydrogens (tertiary/aromatic N) is 3. The standard InChI is InChI=1S/C29H31N3O/c1-2-3-4-5-12-21-33-27-19-17-24(18-20-27)23-30-29-22-28(25-13-8-6-9-14-25)31-32(29)26-15-10-7-11-16-26/h6-11,13-20,22-23H,2-5,12,21H2,1H3. The minimum Gasteiger partial charge on any atom is -0.494 e. The van der Waals surface area contributed by atoms with Gasteiger partial charge in [0.05, 0.1) is 18.0 Å². The molecule has 0 unspecified atom stereocenters. The molecule has 0 atom stereocenters. The topological polar surface area (TPSA) is 39.4 Å². The molecule has 0 fully saturated rings. The maximum Gasteiger partial charge on any atom is 0.156 e. The third-order valence-electron chi connectivity index (χ3n) is 5.50. The highest BCUT2D eigenvalue weighted by atomic mass is 16.5. The van der Waals surface area contributed by atoms with Gasteiger partial charge >= 0.3 is 0 Å². The summed E-state index contributed by atoms with van der Waals surface area (Å²) in [6, 6.07) is 30.4. The van der Waals surface area contributed by atoms with Crippen molar-refractivity contribution < 1.29 is 4.74 Å². The lowest BCUT2D eigenvalue weighted by atomic mass is 10.1. The largest absolute Gasteiger partial charge is 0.494 e. The first-order valence-corrected chi connectivity index (χ1v) is 11.8. The SMILES string of the molecule is CCCCCCCOc1ccc(C=Nc2cc(-c3ccccc3)nn2-c2ccccc2)cc1. The lowest BCUT2D eigenvalue weighted by molar-refractivity contribution is 0.304. The molecule has 4 rings (SSSR count). The van der Waals surface area contributed by atoms with E-state index >= 15 is 0 Å². The number of hydrogen-bond donors (Lipinski definition) is 0. The van der Waals surface area contributed by atoms with Gasteiger partial charge in [-0.15, -0.1) is 0 Å². The quantitative estimate of drug-likeness (QED) is 0.179. The Kier molecular flexibility index (Phi) is 8.07. The molecule has 1 aromatic heterocycles. The predicted molar refractivity (Wildman–Crippen MR) is 137 cm³/mol. The van der Waals surface area contributed by atoms with E-state index in [2.05, 4.69) is 19.1 Å². The normalized spacial score (nSPS) is 11.2. The molecule has 1 heterocycles. The molecule has 0 amide bonds. The van der Waals surface area contributed by atoms with E-state index in [4.69, 9.17) is 14.8 Å². The molecule has 4 aromatic rings. The Hall–Kier alpha value is -3.66. The average molecular weight is 438 g/mol. The molecule has 0 aliphatic heterocycles. The van der Waals surface area contributed by atoms with Crippen molar-refractivity contribution in [1.29, 1.82) is 0 Å². The Bertz CT molecular complexity index is 1130. The molecule has 0 aliphatic rings. The van der Waals surface area contributed by atoms with Gasteiger partial charge in [0, 0.05) is 17.8 Å². The van der Waals surface area contributed by atoms with Crippen LogP contribution in [0.4, 0.5) is 5.82 Å². The van der Waals surface area contributed by atoms with E-state index in [0.29, 0.717) is 0 Å². The summed E-state index contributed by atoms with van der Waals surface area (Å²) in [7, 11) is 0. The van der Waals surface area contributed by atoms with Gasteiger partial charge in [0.2, 0.25) is 0 Å². The fourth-order valence-electron chi connectivity index (χ4n) is 3.66. The zero-order chi connectivity index (χ0) is 22.7. The van der Waals surface area contributed by atoms with Gasteiger partial charge in [-0.25, -0.2) is 9.67 Å². The smallest absolute Gasteiger partial charge is 0.156 e. The van der Waals surface area contributed by atoms with Crippen LogP contribution in [0.2, 0.25) is 0 Å². The van der Waals surface area contributed by atoms with Crippen LogP contribution in [0.15, 0.2) is 96.0 Å². The first-order chi connectivity index (χ1) is 16.3. The summed E-state index contributed by atoms with van der Waals surface area (Å²) in [5.41, 5.74) is 3.97. The van der Waals surface area contributed by atoms with Gasteiger partial charge < -0.3 is 4.74 Å². The molecule has 0 bridgehead atoms. The second-order valence-corrected chi connectivity index (χ2v) is 8.09. The Morgan fingerprint density at radius 2 is 1.52 bits per heavy atom. The van der Waals surface area contributed by atoms with Crippen LogP contribution in [-0.2, 0) is 0 Å². The van der Waals surface area contributed by atoms with Gasteiger partial charge in [0.1, 0.15) is 5.75 Å². The van der Waals surface area contributed by atoms with E-state index in [9.17, 15) is 0 Å². The van der Waals surface area contributed by atoms with Crippen LogP contribution < -0.4 is 4.74 Å². The highest BCUT2D eigenvalue weighted by Crippen LogP contribution is 2.26. The number of hydrogen-bond acceptors (Lipinski definition) is 3. The molecule has 0 saturated carbocycles. The van der Waals surface area contributed by atoms with Gasteiger partial charge in [-0.05, 0) is 48.4 Å². The molecule has 168 valence electrons. The Morgan fingerprint density at radius 1 is 0.818 bits per heavy atom.